The summed E-state index contributed by atoms with van der Waals surface area (Å²) in [4.78, 5) is 15.6. The highest BCUT2D eigenvalue weighted by Crippen LogP contribution is 2.43. The van der Waals surface area contributed by atoms with E-state index >= 15 is 0 Å². The minimum absolute atomic E-state index is 0.00392. The molecule has 0 saturated carbocycles. The molecule has 4 aliphatic rings. The number of rotatable bonds is 3. The molecule has 3 saturated heterocycles. The van der Waals surface area contributed by atoms with Crippen molar-refractivity contribution in [1.29, 1.82) is 0 Å². The van der Waals surface area contributed by atoms with Crippen LogP contribution in [0.15, 0.2) is 30.6 Å². The Kier molecular flexibility index (Phi) is 4.53. The molecular weight excluding hydrogens is 488 g/mol. The Hall–Kier alpha value is -2.76. The van der Waals surface area contributed by atoms with Crippen LogP contribution in [0.4, 0.5) is 11.9 Å². The van der Waals surface area contributed by atoms with Gasteiger partial charge in [0, 0.05) is 61.6 Å². The van der Waals surface area contributed by atoms with Crippen LogP contribution in [0.5, 0.6) is 0 Å². The van der Waals surface area contributed by atoms with Crippen molar-refractivity contribution in [2.45, 2.75) is 26.1 Å². The largest absolute Gasteiger partial charge is 0.339 e. The minimum atomic E-state index is -2.93. The molecule has 1 aromatic carbocycles. The minimum Gasteiger partial charge on any atom is -0.339 e. The van der Waals surface area contributed by atoms with Crippen molar-refractivity contribution in [3.63, 3.8) is 0 Å². The first kappa shape index (κ1) is 21.5. The Labute approximate surface area is 208 Å². The first-order chi connectivity index (χ1) is 16.8. The van der Waals surface area contributed by atoms with Crippen LogP contribution >= 0.6 is 11.6 Å². The van der Waals surface area contributed by atoms with E-state index in [1.165, 1.54) is 0 Å². The fourth-order valence-corrected chi connectivity index (χ4v) is 7.47. The number of fused-ring (bicyclic) bond motifs is 3. The van der Waals surface area contributed by atoms with E-state index in [1.807, 2.05) is 37.5 Å². The molecule has 4 aliphatic heterocycles. The second-order valence-electron chi connectivity index (χ2n) is 10.4. The molecule has 2 aromatic heterocycles. The third-order valence-corrected chi connectivity index (χ3v) is 9.58. The molecule has 3 aromatic rings. The van der Waals surface area contributed by atoms with Gasteiger partial charge in [-0.1, -0.05) is 11.6 Å². The van der Waals surface area contributed by atoms with Crippen molar-refractivity contribution in [3.05, 3.63) is 52.6 Å². The van der Waals surface area contributed by atoms with Gasteiger partial charge >= 0.3 is 0 Å². The van der Waals surface area contributed by atoms with Gasteiger partial charge in [0.2, 0.25) is 11.9 Å². The molecule has 0 radical (unpaired) electrons. The fraction of sp³-hybridized carbons (Fsp3) is 0.478. The maximum Gasteiger partial charge on any atom is 0.231 e. The summed E-state index contributed by atoms with van der Waals surface area (Å²) in [6, 6.07) is 5.87. The topological polar surface area (TPSA) is 100 Å². The Balaban J connectivity index is 1.14. The Morgan fingerprint density at radius 3 is 2.43 bits per heavy atom. The monoisotopic (exact) mass is 512 g/mol. The summed E-state index contributed by atoms with van der Waals surface area (Å²) in [5, 5.41) is 9.80. The van der Waals surface area contributed by atoms with Gasteiger partial charge in [-0.25, -0.2) is 18.4 Å². The van der Waals surface area contributed by atoms with Crippen molar-refractivity contribution >= 4 is 33.3 Å². The highest BCUT2D eigenvalue weighted by atomic mass is 35.5. The molecule has 6 heterocycles. The third-order valence-electron chi connectivity index (χ3n) is 7.56. The maximum absolute atomic E-state index is 11.8. The number of sulfone groups is 1. The fourth-order valence-electron chi connectivity index (χ4n) is 5.78. The van der Waals surface area contributed by atoms with E-state index < -0.39 is 9.84 Å². The predicted octanol–water partition coefficient (Wildman–Crippen LogP) is 1.46. The van der Waals surface area contributed by atoms with E-state index in [2.05, 4.69) is 39.4 Å². The quantitative estimate of drug-likeness (QED) is 0.516. The average molecular weight is 513 g/mol. The van der Waals surface area contributed by atoms with Crippen molar-refractivity contribution < 1.29 is 8.42 Å². The highest BCUT2D eigenvalue weighted by Gasteiger charge is 2.54. The van der Waals surface area contributed by atoms with Crippen LogP contribution in [-0.4, -0.2) is 81.8 Å². The molecule has 12 heteroatoms. The van der Waals surface area contributed by atoms with Gasteiger partial charge in [0.25, 0.3) is 0 Å². The zero-order valence-electron chi connectivity index (χ0n) is 19.3. The smallest absolute Gasteiger partial charge is 0.231 e. The van der Waals surface area contributed by atoms with Crippen molar-refractivity contribution in [3.8, 4) is 5.69 Å². The second kappa shape index (κ2) is 7.37. The molecule has 0 atom stereocenters. The lowest BCUT2D eigenvalue weighted by Crippen LogP contribution is -2.73. The lowest BCUT2D eigenvalue weighted by molar-refractivity contribution is 0.152. The second-order valence-corrected chi connectivity index (χ2v) is 13.0. The number of nitrogens with zero attached hydrogens (tertiary/aromatic N) is 8. The van der Waals surface area contributed by atoms with E-state index in [4.69, 9.17) is 11.6 Å². The Morgan fingerprint density at radius 2 is 1.71 bits per heavy atom. The lowest BCUT2D eigenvalue weighted by atomic mass is 9.73. The molecule has 35 heavy (non-hydrogen) atoms. The van der Waals surface area contributed by atoms with Gasteiger partial charge in [-0.2, -0.15) is 0 Å². The number of anilines is 2. The van der Waals surface area contributed by atoms with E-state index in [9.17, 15) is 8.42 Å². The maximum atomic E-state index is 11.8. The molecular formula is C23H25ClN8O2S. The molecule has 1 spiro atoms. The molecule has 0 unspecified atom stereocenters. The first-order valence-electron chi connectivity index (χ1n) is 11.7. The number of aromatic nitrogens is 5. The third kappa shape index (κ3) is 3.51. The molecule has 10 nitrogen and oxygen atoms in total. The molecule has 182 valence electrons. The Morgan fingerprint density at radius 1 is 1.00 bits per heavy atom. The van der Waals surface area contributed by atoms with Gasteiger partial charge in [0.1, 0.15) is 0 Å². The highest BCUT2D eigenvalue weighted by molar-refractivity contribution is 7.92. The molecule has 0 bridgehead atoms. The molecule has 3 fully saturated rings. The molecule has 0 amide bonds. The van der Waals surface area contributed by atoms with Gasteiger partial charge in [-0.3, -0.25) is 9.47 Å². The lowest BCUT2D eigenvalue weighted by Gasteiger charge is -2.60. The summed E-state index contributed by atoms with van der Waals surface area (Å²) in [5.74, 6) is 2.84. The van der Waals surface area contributed by atoms with Gasteiger partial charge < -0.3 is 9.80 Å². The normalized spacial score (nSPS) is 22.6. The number of hydrogen-bond acceptors (Lipinski definition) is 9. The number of halogens is 1. The molecule has 0 N–H and O–H groups in total. The summed E-state index contributed by atoms with van der Waals surface area (Å²) in [6.45, 7) is 6.85. The van der Waals surface area contributed by atoms with Crippen LogP contribution in [0.2, 0.25) is 5.02 Å². The van der Waals surface area contributed by atoms with Gasteiger partial charge in [0.15, 0.2) is 15.7 Å². The van der Waals surface area contributed by atoms with Gasteiger partial charge in [-0.15, -0.1) is 10.2 Å². The average Bonchev–Trinajstić information content (AvgIpc) is 3.06. The zero-order valence-corrected chi connectivity index (χ0v) is 20.9. The van der Waals surface area contributed by atoms with Crippen LogP contribution in [0.25, 0.3) is 5.69 Å². The standard InChI is InChI=1S/C23H25ClN8O2S/c1-15-5-25-21(26-6-15)30-11-23(12-30)13-31(14-23)22-28-27-20-8-29(18-9-35(33,34)10-18)7-16-4-17(24)2-3-19(16)32(20)22/h2-6,18H,7-14H2,1H3. The van der Waals surface area contributed by atoms with Gasteiger partial charge in [0.05, 0.1) is 23.7 Å². The van der Waals surface area contributed by atoms with Gasteiger partial charge in [-0.05, 0) is 36.2 Å². The number of aryl methyl sites for hydroxylation is 1. The van der Waals surface area contributed by atoms with Crippen LogP contribution in [0.3, 0.4) is 0 Å². The van der Waals surface area contributed by atoms with Crippen molar-refractivity contribution in [1.82, 2.24) is 29.6 Å². The van der Waals surface area contributed by atoms with E-state index in [-0.39, 0.29) is 23.0 Å². The first-order valence-corrected chi connectivity index (χ1v) is 13.9. The molecule has 7 rings (SSSR count). The summed E-state index contributed by atoms with van der Waals surface area (Å²) >= 11 is 6.35. The summed E-state index contributed by atoms with van der Waals surface area (Å²) in [5.41, 5.74) is 3.35. The zero-order chi connectivity index (χ0) is 23.9. The number of benzene rings is 1. The van der Waals surface area contributed by atoms with E-state index in [0.717, 1.165) is 60.7 Å². The summed E-state index contributed by atoms with van der Waals surface area (Å²) < 4.78 is 25.8. The van der Waals surface area contributed by atoms with Crippen LogP contribution in [0.1, 0.15) is 17.0 Å². The van der Waals surface area contributed by atoms with Crippen LogP contribution in [-0.2, 0) is 22.9 Å². The number of hydrogen-bond donors (Lipinski definition) is 0. The summed E-state index contributed by atoms with van der Waals surface area (Å²) in [7, 11) is -2.93. The summed E-state index contributed by atoms with van der Waals surface area (Å²) in [6.07, 6.45) is 3.72. The van der Waals surface area contributed by atoms with Crippen LogP contribution in [0, 0.1) is 12.3 Å². The predicted molar refractivity (Wildman–Crippen MR) is 132 cm³/mol. The molecule has 0 aliphatic carbocycles. The van der Waals surface area contributed by atoms with Crippen LogP contribution < -0.4 is 9.80 Å². The van der Waals surface area contributed by atoms with E-state index in [0.29, 0.717) is 18.1 Å². The van der Waals surface area contributed by atoms with Crippen molar-refractivity contribution in [2.75, 3.05) is 47.5 Å². The van der Waals surface area contributed by atoms with Crippen molar-refractivity contribution in [2.24, 2.45) is 5.41 Å². The van der Waals surface area contributed by atoms with E-state index in [1.54, 1.807) is 0 Å². The SMILES string of the molecule is Cc1cnc(N2CC3(C2)CN(c2nnc4n2-c2ccc(Cl)cc2CN(C2CS(=O)(=O)C2)C4)C3)nc1. The Bertz CT molecular complexity index is 1410.